The molecule has 1 aromatic heterocycles. The molecule has 2 heterocycles. The number of aromatic nitrogens is 2. The van der Waals surface area contributed by atoms with Crippen LogP contribution in [0.3, 0.4) is 0 Å². The molecule has 0 saturated carbocycles. The molecule has 1 aliphatic rings. The third-order valence-corrected chi connectivity index (χ3v) is 3.73. The minimum absolute atomic E-state index is 0.388. The second-order valence-electron chi connectivity index (χ2n) is 5.03. The summed E-state index contributed by atoms with van der Waals surface area (Å²) in [4.78, 5) is 4.71. The fourth-order valence-corrected chi connectivity index (χ4v) is 2.76. The van der Waals surface area contributed by atoms with Crippen LogP contribution in [0.25, 0.3) is 11.0 Å². The van der Waals surface area contributed by atoms with E-state index in [-0.39, 0.29) is 0 Å². The van der Waals surface area contributed by atoms with Gasteiger partial charge in [-0.25, -0.2) is 4.98 Å². The predicted octanol–water partition coefficient (Wildman–Crippen LogP) is 2.32. The summed E-state index contributed by atoms with van der Waals surface area (Å²) in [7, 11) is 0. The van der Waals surface area contributed by atoms with Gasteiger partial charge in [0.05, 0.1) is 23.7 Å². The van der Waals surface area contributed by atoms with Crippen LogP contribution in [0.4, 0.5) is 0 Å². The number of rotatable bonds is 5. The smallest absolute Gasteiger partial charge is 0.123 e. The van der Waals surface area contributed by atoms with E-state index in [1.165, 1.54) is 18.4 Å². The van der Waals surface area contributed by atoms with Crippen molar-refractivity contribution in [2.24, 2.45) is 0 Å². The maximum atomic E-state index is 5.62. The number of benzene rings is 1. The second-order valence-corrected chi connectivity index (χ2v) is 5.03. The van der Waals surface area contributed by atoms with E-state index >= 15 is 0 Å². The van der Waals surface area contributed by atoms with Crippen molar-refractivity contribution < 1.29 is 4.74 Å². The molecule has 1 aliphatic heterocycles. The summed E-state index contributed by atoms with van der Waals surface area (Å²) in [5.41, 5.74) is 2.30. The van der Waals surface area contributed by atoms with Crippen molar-refractivity contribution >= 4 is 11.0 Å². The van der Waals surface area contributed by atoms with Gasteiger partial charge in [0.2, 0.25) is 0 Å². The maximum Gasteiger partial charge on any atom is 0.123 e. The van der Waals surface area contributed by atoms with E-state index in [0.29, 0.717) is 6.10 Å². The lowest BCUT2D eigenvalue weighted by Crippen LogP contribution is -2.27. The van der Waals surface area contributed by atoms with Crippen molar-refractivity contribution in [3.63, 3.8) is 0 Å². The summed E-state index contributed by atoms with van der Waals surface area (Å²) < 4.78 is 7.89. The number of hydrogen-bond acceptors (Lipinski definition) is 3. The van der Waals surface area contributed by atoms with Gasteiger partial charge >= 0.3 is 0 Å². The van der Waals surface area contributed by atoms with Gasteiger partial charge in [-0.1, -0.05) is 12.1 Å². The molecule has 4 heteroatoms. The Balaban J connectivity index is 1.69. The van der Waals surface area contributed by atoms with Crippen LogP contribution < -0.4 is 5.32 Å². The third-order valence-electron chi connectivity index (χ3n) is 3.73. The standard InChI is InChI=1S/C15H21N3O/c1-2-18-14-8-4-3-7-13(14)17-15(18)11-16-10-12-6-5-9-19-12/h3-4,7-8,12,16H,2,5-6,9-11H2,1H3/t12-/m1/s1. The van der Waals surface area contributed by atoms with Crippen LogP contribution in [0.2, 0.25) is 0 Å². The van der Waals surface area contributed by atoms with E-state index in [1.807, 2.05) is 6.07 Å². The van der Waals surface area contributed by atoms with Gasteiger partial charge in [-0.05, 0) is 31.9 Å². The SMILES string of the molecule is CCn1c(CNC[C@H]2CCCO2)nc2ccccc21. The summed E-state index contributed by atoms with van der Waals surface area (Å²) in [6.07, 6.45) is 2.76. The van der Waals surface area contributed by atoms with Gasteiger partial charge in [-0.3, -0.25) is 0 Å². The number of fused-ring (bicyclic) bond motifs is 1. The topological polar surface area (TPSA) is 39.1 Å². The highest BCUT2D eigenvalue weighted by atomic mass is 16.5. The molecule has 1 saturated heterocycles. The number of nitrogens with one attached hydrogen (secondary N) is 1. The van der Waals surface area contributed by atoms with Crippen LogP contribution in [0.1, 0.15) is 25.6 Å². The van der Waals surface area contributed by atoms with Gasteiger partial charge in [0, 0.05) is 19.7 Å². The first-order valence-electron chi connectivity index (χ1n) is 7.15. The van der Waals surface area contributed by atoms with Crippen LogP contribution >= 0.6 is 0 Å². The van der Waals surface area contributed by atoms with Crippen LogP contribution in [0.15, 0.2) is 24.3 Å². The van der Waals surface area contributed by atoms with E-state index in [4.69, 9.17) is 9.72 Å². The van der Waals surface area contributed by atoms with Crippen molar-refractivity contribution in [1.29, 1.82) is 0 Å². The number of ether oxygens (including phenoxy) is 1. The van der Waals surface area contributed by atoms with Crippen molar-refractivity contribution in [2.75, 3.05) is 13.2 Å². The first-order chi connectivity index (χ1) is 9.38. The maximum absolute atomic E-state index is 5.62. The largest absolute Gasteiger partial charge is 0.377 e. The van der Waals surface area contributed by atoms with Crippen molar-refractivity contribution in [2.45, 2.75) is 39.0 Å². The molecule has 102 valence electrons. The van der Waals surface area contributed by atoms with Crippen molar-refractivity contribution in [3.8, 4) is 0 Å². The molecule has 0 unspecified atom stereocenters. The highest BCUT2D eigenvalue weighted by Gasteiger charge is 2.15. The summed E-state index contributed by atoms with van der Waals surface area (Å²) in [6.45, 7) is 5.77. The molecule has 0 bridgehead atoms. The molecule has 3 rings (SSSR count). The minimum Gasteiger partial charge on any atom is -0.377 e. The molecule has 1 N–H and O–H groups in total. The third kappa shape index (κ3) is 2.65. The molecule has 19 heavy (non-hydrogen) atoms. The van der Waals surface area contributed by atoms with Crippen molar-refractivity contribution in [1.82, 2.24) is 14.9 Å². The van der Waals surface area contributed by atoms with Crippen LogP contribution in [-0.4, -0.2) is 28.8 Å². The fraction of sp³-hybridized carbons (Fsp3) is 0.533. The van der Waals surface area contributed by atoms with Crippen molar-refractivity contribution in [3.05, 3.63) is 30.1 Å². The van der Waals surface area contributed by atoms with E-state index in [2.05, 4.69) is 35.0 Å². The quantitative estimate of drug-likeness (QED) is 0.895. The summed E-state index contributed by atoms with van der Waals surface area (Å²) in [5.74, 6) is 1.11. The Morgan fingerprint density at radius 1 is 1.42 bits per heavy atom. The molecule has 0 spiro atoms. The van der Waals surface area contributed by atoms with E-state index < -0.39 is 0 Å². The highest BCUT2D eigenvalue weighted by Crippen LogP contribution is 2.16. The molecule has 1 aromatic carbocycles. The average molecular weight is 259 g/mol. The Bertz CT molecular complexity index is 543. The molecular weight excluding hydrogens is 238 g/mol. The van der Waals surface area contributed by atoms with E-state index in [1.54, 1.807) is 0 Å². The Morgan fingerprint density at radius 2 is 2.32 bits per heavy atom. The summed E-state index contributed by atoms with van der Waals surface area (Å²) in [5, 5.41) is 3.47. The Kier molecular flexibility index (Phi) is 3.80. The molecule has 4 nitrogen and oxygen atoms in total. The van der Waals surface area contributed by atoms with Gasteiger partial charge in [-0.15, -0.1) is 0 Å². The van der Waals surface area contributed by atoms with Gasteiger partial charge in [0.15, 0.2) is 0 Å². The van der Waals surface area contributed by atoms with Crippen LogP contribution in [0, 0.1) is 0 Å². The monoisotopic (exact) mass is 259 g/mol. The lowest BCUT2D eigenvalue weighted by Gasteiger charge is -2.11. The lowest BCUT2D eigenvalue weighted by molar-refractivity contribution is 0.109. The molecule has 0 aliphatic carbocycles. The number of para-hydroxylation sites is 2. The first-order valence-corrected chi connectivity index (χ1v) is 7.15. The molecule has 1 fully saturated rings. The molecule has 0 amide bonds. The Labute approximate surface area is 113 Å². The number of nitrogens with zero attached hydrogens (tertiary/aromatic N) is 2. The highest BCUT2D eigenvalue weighted by molar-refractivity contribution is 5.75. The van der Waals surface area contributed by atoms with Gasteiger partial charge < -0.3 is 14.6 Å². The summed E-state index contributed by atoms with van der Waals surface area (Å²) in [6, 6.07) is 8.32. The average Bonchev–Trinajstić information content (AvgIpc) is 3.05. The van der Waals surface area contributed by atoms with Gasteiger partial charge in [0.25, 0.3) is 0 Å². The van der Waals surface area contributed by atoms with E-state index in [0.717, 1.165) is 37.6 Å². The molecule has 0 radical (unpaired) electrons. The van der Waals surface area contributed by atoms with Gasteiger partial charge in [-0.2, -0.15) is 0 Å². The Hall–Kier alpha value is -1.39. The zero-order valence-electron chi connectivity index (χ0n) is 11.4. The first kappa shape index (κ1) is 12.6. The second kappa shape index (κ2) is 5.72. The molecular formula is C15H21N3O. The summed E-state index contributed by atoms with van der Waals surface area (Å²) >= 11 is 0. The van der Waals surface area contributed by atoms with Crippen LogP contribution in [0.5, 0.6) is 0 Å². The molecule has 1 atom stereocenters. The van der Waals surface area contributed by atoms with Crippen LogP contribution in [-0.2, 0) is 17.8 Å². The predicted molar refractivity (Wildman–Crippen MR) is 76.1 cm³/mol. The van der Waals surface area contributed by atoms with Gasteiger partial charge in [0.1, 0.15) is 5.82 Å². The number of imidazole rings is 1. The number of hydrogen-bond donors (Lipinski definition) is 1. The zero-order chi connectivity index (χ0) is 13.1. The Morgan fingerprint density at radius 3 is 3.11 bits per heavy atom. The minimum atomic E-state index is 0.388. The number of aryl methyl sites for hydroxylation is 1. The fourth-order valence-electron chi connectivity index (χ4n) is 2.76. The lowest BCUT2D eigenvalue weighted by atomic mass is 10.2. The van der Waals surface area contributed by atoms with E-state index in [9.17, 15) is 0 Å². The molecule has 2 aromatic rings. The normalized spacial score (nSPS) is 19.3. The zero-order valence-corrected chi connectivity index (χ0v) is 11.4.